The lowest BCUT2D eigenvalue weighted by Gasteiger charge is -2.06. The quantitative estimate of drug-likeness (QED) is 0.488. The lowest BCUT2D eigenvalue weighted by atomic mass is 10.1. The maximum atomic E-state index is 11.4. The second-order valence-corrected chi connectivity index (χ2v) is 3.18. The van der Waals surface area contributed by atoms with Crippen molar-refractivity contribution in [2.75, 3.05) is 11.8 Å². The molecule has 2 radical (unpaired) electrons. The van der Waals surface area contributed by atoms with Crippen LogP contribution in [0, 0.1) is 0 Å². The van der Waals surface area contributed by atoms with E-state index < -0.39 is 11.7 Å². The second kappa shape index (κ2) is 5.99. The molecular formula is C4H8BFNOPS. The zero-order valence-corrected chi connectivity index (χ0v) is 7.31. The van der Waals surface area contributed by atoms with Gasteiger partial charge in [0.25, 0.3) is 0 Å². The van der Waals surface area contributed by atoms with E-state index in [0.29, 0.717) is 0 Å². The summed E-state index contributed by atoms with van der Waals surface area (Å²) in [6.07, 6.45) is 0. The molecule has 0 aromatic carbocycles. The zero-order valence-electron chi connectivity index (χ0n) is 5.34. The average Bonchev–Trinajstić information content (AvgIpc) is 1.82. The summed E-state index contributed by atoms with van der Waals surface area (Å²) < 4.78 is 11.4. The van der Waals surface area contributed by atoms with Crippen molar-refractivity contribution in [3.63, 3.8) is 0 Å². The van der Waals surface area contributed by atoms with Gasteiger partial charge < -0.3 is 5.32 Å². The molecule has 0 aliphatic rings. The van der Waals surface area contributed by atoms with Crippen molar-refractivity contribution in [1.29, 1.82) is 0 Å². The Hall–Kier alpha value is 0.245. The monoisotopic (exact) mass is 178 g/mol. The summed E-state index contributed by atoms with van der Waals surface area (Å²) in [5, 5.41) is 2.39. The molecule has 0 aliphatic heterocycles. The third-order valence-electron chi connectivity index (χ3n) is 0.638. The van der Waals surface area contributed by atoms with Crippen molar-refractivity contribution in [1.82, 2.24) is 5.32 Å². The summed E-state index contributed by atoms with van der Waals surface area (Å²) in [7, 11) is 7.40. The fourth-order valence-corrected chi connectivity index (χ4v) is 0.891. The summed E-state index contributed by atoms with van der Waals surface area (Å²) in [5.74, 6) is -0.122. The molecule has 0 fully saturated rings. The molecule has 6 heteroatoms. The minimum absolute atomic E-state index is 0.124. The highest BCUT2D eigenvalue weighted by molar-refractivity contribution is 7.99. The molecule has 2 unspecified atom stereocenters. The van der Waals surface area contributed by atoms with Gasteiger partial charge in [-0.15, -0.1) is 21.0 Å². The first-order valence-electron chi connectivity index (χ1n) is 2.61. The average molecular weight is 178 g/mol. The molecule has 0 heterocycles. The summed E-state index contributed by atoms with van der Waals surface area (Å²) in [6, 6.07) is -0.542. The van der Waals surface area contributed by atoms with E-state index in [0.717, 1.165) is 11.8 Å². The fraction of sp³-hybridized carbons (Fsp3) is 0.750. The smallest absolute Gasteiger partial charge is 0.229 e. The number of hydrogen-bond acceptors (Lipinski definition) is 2. The van der Waals surface area contributed by atoms with Crippen LogP contribution in [-0.2, 0) is 4.79 Å². The Morgan fingerprint density at radius 2 is 2.50 bits per heavy atom. The number of thioether (sulfide) groups is 1. The van der Waals surface area contributed by atoms with Crippen LogP contribution in [0.1, 0.15) is 0 Å². The number of halogens is 1. The molecular weight excluding hydrogens is 170 g/mol. The number of carbonyl (C=O) groups is 1. The first-order chi connectivity index (χ1) is 4.66. The number of hydrogen-bond donors (Lipinski definition) is 1. The van der Waals surface area contributed by atoms with Gasteiger partial charge in [-0.25, -0.2) is 4.39 Å². The first kappa shape index (κ1) is 10.2. The van der Waals surface area contributed by atoms with Gasteiger partial charge in [-0.1, -0.05) is 0 Å². The normalized spacial score (nSPS) is 12.6. The van der Waals surface area contributed by atoms with Crippen molar-refractivity contribution < 1.29 is 9.18 Å². The summed E-state index contributed by atoms with van der Waals surface area (Å²) >= 11 is 0.915. The van der Waals surface area contributed by atoms with Crippen LogP contribution >= 0.6 is 21.0 Å². The van der Waals surface area contributed by atoms with Crippen molar-refractivity contribution in [2.45, 2.75) is 5.68 Å². The molecule has 0 saturated heterocycles. The number of carbonyl (C=O) groups excluding carboxylic acids is 1. The van der Waals surface area contributed by atoms with E-state index in [-0.39, 0.29) is 11.7 Å². The lowest BCUT2D eigenvalue weighted by molar-refractivity contribution is -0.118. The van der Waals surface area contributed by atoms with Crippen molar-refractivity contribution >= 4 is 34.8 Å². The Bertz CT molecular complexity index is 115. The Morgan fingerprint density at radius 3 is 2.90 bits per heavy atom. The van der Waals surface area contributed by atoms with E-state index in [9.17, 15) is 9.18 Å². The van der Waals surface area contributed by atoms with Gasteiger partial charge in [0.05, 0.1) is 5.75 Å². The zero-order chi connectivity index (χ0) is 7.98. The lowest BCUT2D eigenvalue weighted by Crippen LogP contribution is -2.31. The number of amides is 1. The maximum absolute atomic E-state index is 11.4. The predicted molar refractivity (Wildman–Crippen MR) is 45.8 cm³/mol. The van der Waals surface area contributed by atoms with Gasteiger partial charge in [0.15, 0.2) is 0 Å². The molecule has 0 aromatic heterocycles. The predicted octanol–water partition coefficient (Wildman–Crippen LogP) is 0.0900. The summed E-state index contributed by atoms with van der Waals surface area (Å²) in [5.41, 5.74) is -0.437. The van der Waals surface area contributed by atoms with Crippen LogP contribution in [0.4, 0.5) is 4.39 Å². The highest BCUT2D eigenvalue weighted by atomic mass is 32.2. The van der Waals surface area contributed by atoms with Crippen LogP contribution in [0.5, 0.6) is 0 Å². The van der Waals surface area contributed by atoms with E-state index in [4.69, 9.17) is 7.85 Å². The minimum Gasteiger partial charge on any atom is -0.358 e. The van der Waals surface area contributed by atoms with Gasteiger partial charge >= 0.3 is 0 Å². The molecule has 56 valence electrons. The summed E-state index contributed by atoms with van der Waals surface area (Å²) in [4.78, 5) is 10.6. The molecule has 1 amide bonds. The Kier molecular flexibility index (Phi) is 6.13. The van der Waals surface area contributed by atoms with Crippen LogP contribution in [-0.4, -0.2) is 31.2 Å². The number of rotatable bonds is 4. The molecule has 0 aromatic rings. The highest BCUT2D eigenvalue weighted by Gasteiger charge is 2.01. The molecule has 1 N–H and O–H groups in total. The van der Waals surface area contributed by atoms with Gasteiger partial charge in [0.1, 0.15) is 13.9 Å². The van der Waals surface area contributed by atoms with Crippen LogP contribution in [0.2, 0.25) is 0 Å². The van der Waals surface area contributed by atoms with Crippen molar-refractivity contribution in [2.24, 2.45) is 0 Å². The molecule has 0 aliphatic carbocycles. The van der Waals surface area contributed by atoms with Crippen LogP contribution < -0.4 is 5.32 Å². The van der Waals surface area contributed by atoms with Crippen LogP contribution in [0.25, 0.3) is 0 Å². The van der Waals surface area contributed by atoms with Crippen molar-refractivity contribution in [3.8, 4) is 0 Å². The molecule has 0 rings (SSSR count). The third kappa shape index (κ3) is 6.37. The molecule has 0 saturated carbocycles. The van der Waals surface area contributed by atoms with Crippen LogP contribution in [0.15, 0.2) is 0 Å². The SMILES string of the molecule is [B]C(P)NC(=O)CSC[18F]. The first-order valence-corrected chi connectivity index (χ1v) is 4.43. The highest BCUT2D eigenvalue weighted by Crippen LogP contribution is 1.99. The second-order valence-electron chi connectivity index (χ2n) is 1.55. The third-order valence-corrected chi connectivity index (χ3v) is 1.43. The van der Waals surface area contributed by atoms with Gasteiger partial charge in [-0.3, -0.25) is 4.79 Å². The number of nitrogens with one attached hydrogen (secondary N) is 1. The Labute approximate surface area is 67.3 Å². The minimum atomic E-state index is -0.542. The maximum Gasteiger partial charge on any atom is 0.229 e. The van der Waals surface area contributed by atoms with E-state index in [2.05, 4.69) is 14.6 Å². The Morgan fingerprint density at radius 1 is 1.90 bits per heavy atom. The topological polar surface area (TPSA) is 29.1 Å². The number of alkyl halides is 1. The van der Waals surface area contributed by atoms with E-state index >= 15 is 0 Å². The largest absolute Gasteiger partial charge is 0.358 e. The van der Waals surface area contributed by atoms with E-state index in [1.807, 2.05) is 0 Å². The fourth-order valence-electron chi connectivity index (χ4n) is 0.359. The van der Waals surface area contributed by atoms with Gasteiger partial charge in [-0.2, -0.15) is 0 Å². The van der Waals surface area contributed by atoms with Gasteiger partial charge in [-0.05, 0) is 0 Å². The summed E-state index contributed by atoms with van der Waals surface area (Å²) in [6.45, 7) is 0. The van der Waals surface area contributed by atoms with Gasteiger partial charge in [0.2, 0.25) is 5.91 Å². The molecule has 0 bridgehead atoms. The van der Waals surface area contributed by atoms with Crippen LogP contribution in [0.3, 0.4) is 0 Å². The standard InChI is InChI=1S/C4H8BFNOPS/c5-4(9)7-3(8)1-10-2-6/h4H,1-2,9H2,(H,7,8)/i6-1. The molecule has 10 heavy (non-hydrogen) atoms. The van der Waals surface area contributed by atoms with Crippen molar-refractivity contribution in [3.05, 3.63) is 0 Å². The molecule has 0 spiro atoms. The molecule has 2 atom stereocenters. The van der Waals surface area contributed by atoms with E-state index in [1.165, 1.54) is 0 Å². The Balaban J connectivity index is 3.26. The van der Waals surface area contributed by atoms with E-state index in [1.54, 1.807) is 0 Å². The molecule has 2 nitrogen and oxygen atoms in total. The van der Waals surface area contributed by atoms with Gasteiger partial charge in [0, 0.05) is 5.68 Å².